The normalized spacial score (nSPS) is 22.6. The number of nitrogens with zero attached hydrogens (tertiary/aromatic N) is 3. The number of hydrogen-bond acceptors (Lipinski definition) is 5. The fraction of sp³-hybridized carbons (Fsp3) is 0.731. The molecule has 0 radical (unpaired) electrons. The van der Waals surface area contributed by atoms with E-state index in [0.717, 1.165) is 45.3 Å². The Balaban J connectivity index is 0.000000179. The lowest BCUT2D eigenvalue weighted by Gasteiger charge is -2.39. The number of halogens is 2. The highest BCUT2D eigenvalue weighted by Crippen LogP contribution is 2.33. The molecule has 5 rings (SSSR count). The van der Waals surface area contributed by atoms with Gasteiger partial charge in [-0.15, -0.1) is 0 Å². The predicted molar refractivity (Wildman–Crippen MR) is 140 cm³/mol. The van der Waals surface area contributed by atoms with Crippen LogP contribution in [0, 0.1) is 5.92 Å². The number of piperazine rings is 1. The number of sulfonamides is 1. The van der Waals surface area contributed by atoms with Gasteiger partial charge in [-0.1, -0.05) is 37.3 Å². The molecule has 2 heterocycles. The zero-order valence-electron chi connectivity index (χ0n) is 21.4. The van der Waals surface area contributed by atoms with Gasteiger partial charge in [-0.3, -0.25) is 9.69 Å². The van der Waals surface area contributed by atoms with Crippen LogP contribution in [0.15, 0.2) is 29.2 Å². The van der Waals surface area contributed by atoms with E-state index in [0.29, 0.717) is 47.4 Å². The molecule has 4 aliphatic rings. The van der Waals surface area contributed by atoms with Crippen LogP contribution in [0.1, 0.15) is 64.7 Å². The number of hydrogen-bond donors (Lipinski definition) is 0. The van der Waals surface area contributed by atoms with Gasteiger partial charge in [-0.25, -0.2) is 8.42 Å². The van der Waals surface area contributed by atoms with Crippen molar-refractivity contribution in [3.8, 4) is 0 Å². The summed E-state index contributed by atoms with van der Waals surface area (Å²) in [5.74, 6) is 0.941. The average Bonchev–Trinajstić information content (AvgIpc) is 3.79. The first-order chi connectivity index (χ1) is 17.3. The van der Waals surface area contributed by atoms with Gasteiger partial charge >= 0.3 is 0 Å². The molecule has 0 unspecified atom stereocenters. The second kappa shape index (κ2) is 14.6. The van der Waals surface area contributed by atoms with Crippen molar-refractivity contribution in [1.29, 1.82) is 0 Å². The summed E-state index contributed by atoms with van der Waals surface area (Å²) >= 11 is 5.74. The largest absolute Gasteiger partial charge is 0.340 e. The number of benzene rings is 1. The first kappa shape index (κ1) is 29.3. The van der Waals surface area contributed by atoms with Crippen molar-refractivity contribution in [3.05, 3.63) is 29.3 Å². The highest BCUT2D eigenvalue weighted by atomic mass is 35.5. The molecule has 1 atom stereocenters. The number of carbonyl (C=O) groups is 1. The molecule has 4 fully saturated rings. The maximum Gasteiger partial charge on any atom is 0.243 e. The van der Waals surface area contributed by atoms with Crippen molar-refractivity contribution >= 4 is 27.5 Å². The fourth-order valence-electron chi connectivity index (χ4n) is 4.26. The van der Waals surface area contributed by atoms with Crippen LogP contribution in [0.25, 0.3) is 0 Å². The van der Waals surface area contributed by atoms with Gasteiger partial charge in [0.25, 0.3) is 0 Å². The lowest BCUT2D eigenvalue weighted by molar-refractivity contribution is -0.143. The summed E-state index contributed by atoms with van der Waals surface area (Å²) < 4.78 is 37.6. The number of amides is 1. The molecular weight excluding hydrogens is 505 g/mol. The van der Waals surface area contributed by atoms with Crippen molar-refractivity contribution in [2.24, 2.45) is 5.92 Å². The number of carbonyl (C=O) groups excluding carboxylic acids is 1. The SMILES string of the molecule is C1CC1.C[C@H]1CN(C(=O)CC2CC2)CCN1CCOF.O=S(=O)(c1ccc(Cl)cc1)N1CCCCC1. The Bertz CT molecular complexity index is 904. The van der Waals surface area contributed by atoms with E-state index >= 15 is 0 Å². The van der Waals surface area contributed by atoms with Crippen LogP contribution in [-0.4, -0.2) is 80.3 Å². The van der Waals surface area contributed by atoms with Crippen molar-refractivity contribution < 1.29 is 22.7 Å². The molecular formula is C26H41ClFN3O4S. The molecule has 1 aromatic carbocycles. The first-order valence-electron chi connectivity index (χ1n) is 13.3. The van der Waals surface area contributed by atoms with Gasteiger partial charge in [-0.05, 0) is 67.3 Å². The Morgan fingerprint density at radius 2 is 1.61 bits per heavy atom. The van der Waals surface area contributed by atoms with E-state index in [1.165, 1.54) is 32.1 Å². The van der Waals surface area contributed by atoms with Crippen LogP contribution >= 0.6 is 11.6 Å². The minimum Gasteiger partial charge on any atom is -0.340 e. The van der Waals surface area contributed by atoms with Gasteiger partial charge in [0.05, 0.1) is 4.90 Å². The fourth-order valence-corrected chi connectivity index (χ4v) is 5.91. The molecule has 0 N–H and O–H groups in total. The van der Waals surface area contributed by atoms with E-state index in [4.69, 9.17) is 11.6 Å². The maximum absolute atomic E-state index is 12.2. The Morgan fingerprint density at radius 1 is 1.00 bits per heavy atom. The van der Waals surface area contributed by atoms with Crippen molar-refractivity contribution in [2.75, 3.05) is 45.9 Å². The van der Waals surface area contributed by atoms with Gasteiger partial charge in [0, 0.05) is 56.8 Å². The standard InChI is InChI=1S/C12H21FN2O2.C11H14ClNO2S.C3H6/c1-10-9-15(12(16)8-11-2-3-11)5-4-14(10)6-7-17-13;12-10-4-6-11(7-5-10)16(14,15)13-8-2-1-3-9-13;1-2-3-1/h10-11H,2-9H2,1H3;4-7H,1-3,8-9H2;1-3H2/t10-;;/m0../s1. The summed E-state index contributed by atoms with van der Waals surface area (Å²) in [5.41, 5.74) is 0. The topological polar surface area (TPSA) is 70.2 Å². The Hall–Kier alpha value is -1.26. The molecule has 2 saturated heterocycles. The van der Waals surface area contributed by atoms with Crippen molar-refractivity contribution in [2.45, 2.75) is 75.6 Å². The van der Waals surface area contributed by atoms with Gasteiger partial charge in [0.1, 0.15) is 6.61 Å². The Morgan fingerprint density at radius 3 is 2.14 bits per heavy atom. The van der Waals surface area contributed by atoms with E-state index < -0.39 is 10.0 Å². The molecule has 2 saturated carbocycles. The van der Waals surface area contributed by atoms with Gasteiger partial charge in [-0.2, -0.15) is 9.25 Å². The molecule has 10 heteroatoms. The van der Waals surface area contributed by atoms with E-state index in [9.17, 15) is 17.7 Å². The summed E-state index contributed by atoms with van der Waals surface area (Å²) in [6.45, 7) is 6.40. The third kappa shape index (κ3) is 9.89. The molecule has 7 nitrogen and oxygen atoms in total. The zero-order chi connectivity index (χ0) is 26.0. The minimum atomic E-state index is -3.30. The highest BCUT2D eigenvalue weighted by molar-refractivity contribution is 7.89. The van der Waals surface area contributed by atoms with Gasteiger partial charge in [0.15, 0.2) is 0 Å². The Labute approximate surface area is 220 Å². The number of piperidine rings is 1. The zero-order valence-corrected chi connectivity index (χ0v) is 23.0. The molecule has 36 heavy (non-hydrogen) atoms. The minimum absolute atomic E-state index is 0.111. The monoisotopic (exact) mass is 545 g/mol. The quantitative estimate of drug-likeness (QED) is 0.487. The van der Waals surface area contributed by atoms with Crippen LogP contribution in [0.4, 0.5) is 4.53 Å². The smallest absolute Gasteiger partial charge is 0.243 e. The molecule has 2 aliphatic heterocycles. The molecule has 2 aliphatic carbocycles. The molecule has 1 aromatic rings. The van der Waals surface area contributed by atoms with E-state index in [1.54, 1.807) is 28.6 Å². The van der Waals surface area contributed by atoms with Crippen LogP contribution < -0.4 is 0 Å². The summed E-state index contributed by atoms with van der Waals surface area (Å²) in [5, 5.41) is 0.553. The summed E-state index contributed by atoms with van der Waals surface area (Å²) in [6.07, 6.45) is 10.7. The molecule has 0 bridgehead atoms. The summed E-state index contributed by atoms with van der Waals surface area (Å²) in [6, 6.07) is 6.64. The van der Waals surface area contributed by atoms with Crippen LogP contribution in [0.5, 0.6) is 0 Å². The second-order valence-electron chi connectivity index (χ2n) is 10.2. The molecule has 204 valence electrons. The molecule has 1 amide bonds. The first-order valence-corrected chi connectivity index (χ1v) is 15.1. The Kier molecular flexibility index (Phi) is 11.9. The molecule has 0 spiro atoms. The lowest BCUT2D eigenvalue weighted by Crippen LogP contribution is -2.54. The van der Waals surface area contributed by atoms with E-state index in [2.05, 4.69) is 16.8 Å². The van der Waals surface area contributed by atoms with Crippen LogP contribution in [0.2, 0.25) is 5.02 Å². The van der Waals surface area contributed by atoms with E-state index in [1.807, 2.05) is 4.90 Å². The van der Waals surface area contributed by atoms with E-state index in [-0.39, 0.29) is 6.61 Å². The third-order valence-electron chi connectivity index (χ3n) is 6.85. The molecule has 0 aromatic heterocycles. The second-order valence-corrected chi connectivity index (χ2v) is 12.5. The lowest BCUT2D eigenvalue weighted by atomic mass is 10.1. The number of rotatable bonds is 7. The van der Waals surface area contributed by atoms with Gasteiger partial charge < -0.3 is 4.90 Å². The van der Waals surface area contributed by atoms with Gasteiger partial charge in [0.2, 0.25) is 15.9 Å². The van der Waals surface area contributed by atoms with Crippen molar-refractivity contribution in [1.82, 2.24) is 14.1 Å². The van der Waals surface area contributed by atoms with Crippen LogP contribution in [-0.2, 0) is 19.8 Å². The average molecular weight is 546 g/mol. The highest BCUT2D eigenvalue weighted by Gasteiger charge is 2.31. The summed E-state index contributed by atoms with van der Waals surface area (Å²) in [4.78, 5) is 20.0. The maximum atomic E-state index is 12.2. The van der Waals surface area contributed by atoms with Crippen LogP contribution in [0.3, 0.4) is 0 Å². The third-order valence-corrected chi connectivity index (χ3v) is 9.02. The predicted octanol–water partition coefficient (Wildman–Crippen LogP) is 4.91. The van der Waals surface area contributed by atoms with Crippen molar-refractivity contribution in [3.63, 3.8) is 0 Å². The summed E-state index contributed by atoms with van der Waals surface area (Å²) in [7, 11) is -3.30.